The molecular weight excluding hydrogens is 360 g/mol. The lowest BCUT2D eigenvalue weighted by Gasteiger charge is -2.04. The van der Waals surface area contributed by atoms with E-state index in [1.807, 2.05) is 37.3 Å². The molecule has 0 atom stereocenters. The Morgan fingerprint density at radius 1 is 1.24 bits per heavy atom. The molecular formula is C18H13ClN2O3S. The first-order valence-corrected chi connectivity index (χ1v) is 8.74. The molecule has 126 valence electrons. The van der Waals surface area contributed by atoms with Crippen LogP contribution in [0.5, 0.6) is 11.5 Å². The second-order valence-corrected chi connectivity index (χ2v) is 6.85. The highest BCUT2D eigenvalue weighted by Crippen LogP contribution is 2.40. The summed E-state index contributed by atoms with van der Waals surface area (Å²) < 4.78 is 10.6. The molecule has 0 bridgehead atoms. The quantitative estimate of drug-likeness (QED) is 0.720. The first-order valence-electron chi connectivity index (χ1n) is 7.55. The van der Waals surface area contributed by atoms with Crippen LogP contribution in [-0.2, 0) is 0 Å². The lowest BCUT2D eigenvalue weighted by Crippen LogP contribution is -2.11. The molecule has 1 N–H and O–H groups in total. The molecule has 0 saturated carbocycles. The molecule has 0 spiro atoms. The Morgan fingerprint density at radius 3 is 2.84 bits per heavy atom. The Morgan fingerprint density at radius 2 is 2.04 bits per heavy atom. The number of aromatic nitrogens is 1. The van der Waals surface area contributed by atoms with Crippen LogP contribution in [0.15, 0.2) is 42.5 Å². The Bertz CT molecular complexity index is 956. The number of thiazole rings is 1. The predicted octanol–water partition coefficient (Wildman–Crippen LogP) is 4.75. The number of fused-ring (bicyclic) bond motifs is 1. The molecule has 1 aliphatic rings. The van der Waals surface area contributed by atoms with E-state index in [2.05, 4.69) is 10.3 Å². The van der Waals surface area contributed by atoms with Crippen LogP contribution < -0.4 is 14.8 Å². The molecule has 3 aromatic rings. The smallest absolute Gasteiger partial charge is 0.257 e. The molecule has 7 heteroatoms. The van der Waals surface area contributed by atoms with Crippen LogP contribution in [-0.4, -0.2) is 17.7 Å². The summed E-state index contributed by atoms with van der Waals surface area (Å²) in [6.45, 7) is 2.03. The van der Waals surface area contributed by atoms with Crippen molar-refractivity contribution in [2.45, 2.75) is 6.92 Å². The maximum Gasteiger partial charge on any atom is 0.257 e. The summed E-state index contributed by atoms with van der Waals surface area (Å²) in [5.41, 5.74) is 2.34. The van der Waals surface area contributed by atoms with E-state index in [0.717, 1.165) is 16.1 Å². The van der Waals surface area contributed by atoms with Crippen LogP contribution in [0.25, 0.3) is 10.4 Å². The predicted molar refractivity (Wildman–Crippen MR) is 97.8 cm³/mol. The van der Waals surface area contributed by atoms with Crippen molar-refractivity contribution in [3.05, 3.63) is 58.7 Å². The van der Waals surface area contributed by atoms with Gasteiger partial charge in [-0.05, 0) is 24.6 Å². The summed E-state index contributed by atoms with van der Waals surface area (Å²) in [4.78, 5) is 18.0. The molecule has 25 heavy (non-hydrogen) atoms. The summed E-state index contributed by atoms with van der Waals surface area (Å²) in [5, 5.41) is 3.71. The van der Waals surface area contributed by atoms with E-state index >= 15 is 0 Å². The van der Waals surface area contributed by atoms with E-state index in [-0.39, 0.29) is 12.7 Å². The molecule has 0 aliphatic carbocycles. The normalized spacial score (nSPS) is 12.2. The minimum absolute atomic E-state index is 0.103. The lowest BCUT2D eigenvalue weighted by atomic mass is 10.2. The second kappa shape index (κ2) is 6.38. The molecule has 5 nitrogen and oxygen atoms in total. The number of hydrogen-bond acceptors (Lipinski definition) is 5. The lowest BCUT2D eigenvalue weighted by molar-refractivity contribution is 0.102. The number of hydrogen-bond donors (Lipinski definition) is 1. The topological polar surface area (TPSA) is 60.5 Å². The Kier molecular flexibility index (Phi) is 4.07. The molecule has 0 fully saturated rings. The van der Waals surface area contributed by atoms with E-state index in [9.17, 15) is 4.79 Å². The van der Waals surface area contributed by atoms with E-state index in [1.54, 1.807) is 12.1 Å². The SMILES string of the molecule is Cc1nc(NC(=O)c2cc(Cl)c3c(c2)OCO3)sc1-c1ccccc1. The molecule has 4 rings (SSSR count). The first kappa shape index (κ1) is 15.9. The fourth-order valence-corrected chi connectivity index (χ4v) is 3.81. The maximum atomic E-state index is 12.5. The molecule has 0 saturated heterocycles. The minimum Gasteiger partial charge on any atom is -0.454 e. The van der Waals surface area contributed by atoms with Crippen LogP contribution in [0, 0.1) is 6.92 Å². The zero-order valence-corrected chi connectivity index (χ0v) is 14.8. The average molecular weight is 373 g/mol. The first-order chi connectivity index (χ1) is 12.1. The van der Waals surface area contributed by atoms with Crippen molar-refractivity contribution < 1.29 is 14.3 Å². The third-order valence-corrected chi connectivity index (χ3v) is 5.15. The third kappa shape index (κ3) is 3.06. The van der Waals surface area contributed by atoms with Gasteiger partial charge in [-0.3, -0.25) is 10.1 Å². The van der Waals surface area contributed by atoms with Gasteiger partial charge in [0.25, 0.3) is 5.91 Å². The highest BCUT2D eigenvalue weighted by atomic mass is 35.5. The molecule has 2 heterocycles. The van der Waals surface area contributed by atoms with Crippen molar-refractivity contribution >= 4 is 34.0 Å². The Balaban J connectivity index is 1.59. The van der Waals surface area contributed by atoms with Crippen LogP contribution in [0.1, 0.15) is 16.1 Å². The minimum atomic E-state index is -0.298. The molecule has 1 aliphatic heterocycles. The molecule has 1 amide bonds. The molecule has 0 unspecified atom stereocenters. The van der Waals surface area contributed by atoms with Crippen LogP contribution in [0.4, 0.5) is 5.13 Å². The average Bonchev–Trinajstić information content (AvgIpc) is 3.22. The summed E-state index contributed by atoms with van der Waals surface area (Å²) in [6, 6.07) is 13.1. The second-order valence-electron chi connectivity index (χ2n) is 5.45. The monoisotopic (exact) mass is 372 g/mol. The molecule has 0 radical (unpaired) electrons. The van der Waals surface area contributed by atoms with Gasteiger partial charge in [-0.25, -0.2) is 4.98 Å². The van der Waals surface area contributed by atoms with Gasteiger partial charge in [-0.1, -0.05) is 53.3 Å². The third-order valence-electron chi connectivity index (χ3n) is 3.74. The highest BCUT2D eigenvalue weighted by Gasteiger charge is 2.21. The van der Waals surface area contributed by atoms with Crippen LogP contribution >= 0.6 is 22.9 Å². The number of nitrogens with zero attached hydrogens (tertiary/aromatic N) is 1. The van der Waals surface area contributed by atoms with Gasteiger partial charge in [-0.15, -0.1) is 0 Å². The number of benzene rings is 2. The van der Waals surface area contributed by atoms with Gasteiger partial charge >= 0.3 is 0 Å². The number of rotatable bonds is 3. The summed E-state index contributed by atoms with van der Waals surface area (Å²) in [5.74, 6) is 0.640. The van der Waals surface area contributed by atoms with Gasteiger partial charge < -0.3 is 9.47 Å². The number of ether oxygens (including phenoxy) is 2. The standard InChI is InChI=1S/C18H13ClN2O3S/c1-10-16(11-5-3-2-4-6-11)25-18(20-10)21-17(22)12-7-13(19)15-14(8-12)23-9-24-15/h2-8H,9H2,1H3,(H,20,21,22). The van der Waals surface area contributed by atoms with E-state index in [1.165, 1.54) is 11.3 Å². The Hall–Kier alpha value is -2.57. The van der Waals surface area contributed by atoms with Crippen molar-refractivity contribution in [2.24, 2.45) is 0 Å². The largest absolute Gasteiger partial charge is 0.454 e. The van der Waals surface area contributed by atoms with Crippen molar-refractivity contribution in [3.8, 4) is 21.9 Å². The van der Waals surface area contributed by atoms with Crippen LogP contribution in [0.2, 0.25) is 5.02 Å². The van der Waals surface area contributed by atoms with E-state index in [0.29, 0.717) is 27.2 Å². The number of nitrogens with one attached hydrogen (secondary N) is 1. The maximum absolute atomic E-state index is 12.5. The Labute approximate surface area is 153 Å². The van der Waals surface area contributed by atoms with Crippen molar-refractivity contribution in [2.75, 3.05) is 12.1 Å². The summed E-state index contributed by atoms with van der Waals surface area (Å²) in [7, 11) is 0. The zero-order chi connectivity index (χ0) is 17.4. The fraction of sp³-hybridized carbons (Fsp3) is 0.111. The van der Waals surface area contributed by atoms with Crippen LogP contribution in [0.3, 0.4) is 0 Å². The number of anilines is 1. The van der Waals surface area contributed by atoms with Crippen molar-refractivity contribution in [1.82, 2.24) is 4.98 Å². The number of halogens is 1. The highest BCUT2D eigenvalue weighted by molar-refractivity contribution is 7.19. The fourth-order valence-electron chi connectivity index (χ4n) is 2.58. The van der Waals surface area contributed by atoms with E-state index in [4.69, 9.17) is 21.1 Å². The van der Waals surface area contributed by atoms with Gasteiger partial charge in [-0.2, -0.15) is 0 Å². The van der Waals surface area contributed by atoms with Gasteiger partial charge in [0.05, 0.1) is 15.6 Å². The summed E-state index contributed by atoms with van der Waals surface area (Å²) >= 11 is 7.57. The number of carbonyl (C=O) groups is 1. The molecule has 2 aromatic carbocycles. The number of amides is 1. The number of carbonyl (C=O) groups excluding carboxylic acids is 1. The van der Waals surface area contributed by atoms with Crippen molar-refractivity contribution in [1.29, 1.82) is 0 Å². The van der Waals surface area contributed by atoms with Gasteiger partial charge in [0.2, 0.25) is 6.79 Å². The van der Waals surface area contributed by atoms with Gasteiger partial charge in [0.1, 0.15) is 0 Å². The zero-order valence-electron chi connectivity index (χ0n) is 13.2. The molecule has 1 aromatic heterocycles. The van der Waals surface area contributed by atoms with Gasteiger partial charge in [0.15, 0.2) is 16.6 Å². The van der Waals surface area contributed by atoms with E-state index < -0.39 is 0 Å². The van der Waals surface area contributed by atoms with Crippen molar-refractivity contribution in [3.63, 3.8) is 0 Å². The van der Waals surface area contributed by atoms with Gasteiger partial charge in [0, 0.05) is 5.56 Å². The number of aryl methyl sites for hydroxylation is 1. The summed E-state index contributed by atoms with van der Waals surface area (Å²) in [6.07, 6.45) is 0.